The Bertz CT molecular complexity index is 1040. The first-order valence-corrected chi connectivity index (χ1v) is 8.10. The second kappa shape index (κ2) is 6.36. The van der Waals surface area contributed by atoms with Gasteiger partial charge in [-0.1, -0.05) is 18.2 Å². The van der Waals surface area contributed by atoms with Gasteiger partial charge in [0.25, 0.3) is 0 Å². The van der Waals surface area contributed by atoms with Crippen LogP contribution < -0.4 is 4.74 Å². The molecule has 0 atom stereocenters. The van der Waals surface area contributed by atoms with Crippen molar-refractivity contribution in [2.75, 3.05) is 7.11 Å². The predicted molar refractivity (Wildman–Crippen MR) is 97.6 cm³/mol. The third-order valence-corrected chi connectivity index (χ3v) is 4.34. The number of ether oxygens (including phenoxy) is 1. The molecule has 2 aromatic carbocycles. The van der Waals surface area contributed by atoms with E-state index in [1.807, 2.05) is 25.3 Å². The largest absolute Gasteiger partial charge is 0.497 e. The molecule has 4 aromatic rings. The molecule has 0 bridgehead atoms. The van der Waals surface area contributed by atoms with Crippen molar-refractivity contribution >= 4 is 10.8 Å². The van der Waals surface area contributed by atoms with Gasteiger partial charge < -0.3 is 9.30 Å². The summed E-state index contributed by atoms with van der Waals surface area (Å²) in [4.78, 5) is 4.25. The summed E-state index contributed by atoms with van der Waals surface area (Å²) >= 11 is 0. The van der Waals surface area contributed by atoms with E-state index in [0.29, 0.717) is 6.54 Å². The monoisotopic (exact) mass is 330 g/mol. The van der Waals surface area contributed by atoms with Crippen molar-refractivity contribution < 1.29 is 4.74 Å². The minimum atomic E-state index is 0.664. The number of aromatic nitrogens is 4. The van der Waals surface area contributed by atoms with E-state index in [9.17, 15) is 0 Å². The lowest BCUT2D eigenvalue weighted by Gasteiger charge is -2.08. The van der Waals surface area contributed by atoms with Crippen LogP contribution in [0.4, 0.5) is 0 Å². The Morgan fingerprint density at radius 1 is 1.00 bits per heavy atom. The smallest absolute Gasteiger partial charge is 0.119 e. The standard InChI is InChI=1S/C20H18N4O/c1-14-21-7-8-24(14)13-19-10-18(12-22-23-19)16-3-4-17-11-20(25-2)6-5-15(17)9-16/h3-12H,13H2,1-2H3. The SMILES string of the molecule is COc1ccc2cc(-c3cnnc(Cn4ccnc4C)c3)ccc2c1. The van der Waals surface area contributed by atoms with Crippen molar-refractivity contribution in [1.29, 1.82) is 0 Å². The number of imidazole rings is 1. The van der Waals surface area contributed by atoms with E-state index in [1.165, 1.54) is 5.39 Å². The molecule has 124 valence electrons. The molecule has 0 N–H and O–H groups in total. The Labute approximate surface area is 145 Å². The van der Waals surface area contributed by atoms with Crippen LogP contribution in [0.1, 0.15) is 11.5 Å². The van der Waals surface area contributed by atoms with Crippen LogP contribution in [-0.2, 0) is 6.54 Å². The van der Waals surface area contributed by atoms with Gasteiger partial charge in [0, 0.05) is 18.0 Å². The van der Waals surface area contributed by atoms with Crippen molar-refractivity contribution in [1.82, 2.24) is 19.7 Å². The first-order valence-electron chi connectivity index (χ1n) is 8.10. The molecule has 2 aromatic heterocycles. The van der Waals surface area contributed by atoms with E-state index in [4.69, 9.17) is 4.74 Å². The van der Waals surface area contributed by atoms with Gasteiger partial charge in [-0.2, -0.15) is 10.2 Å². The second-order valence-electron chi connectivity index (χ2n) is 5.97. The molecule has 0 saturated heterocycles. The zero-order chi connectivity index (χ0) is 17.2. The molecule has 0 aliphatic heterocycles. The molecular weight excluding hydrogens is 312 g/mol. The highest BCUT2D eigenvalue weighted by molar-refractivity contribution is 5.88. The Balaban J connectivity index is 1.68. The number of hydrogen-bond acceptors (Lipinski definition) is 4. The third kappa shape index (κ3) is 3.08. The molecule has 2 heterocycles. The van der Waals surface area contributed by atoms with Gasteiger partial charge in [-0.25, -0.2) is 4.98 Å². The van der Waals surface area contributed by atoms with Crippen LogP contribution in [0.25, 0.3) is 21.9 Å². The summed E-state index contributed by atoms with van der Waals surface area (Å²) in [5.41, 5.74) is 3.09. The quantitative estimate of drug-likeness (QED) is 0.570. The van der Waals surface area contributed by atoms with E-state index in [1.54, 1.807) is 19.5 Å². The van der Waals surface area contributed by atoms with Gasteiger partial charge in [0.1, 0.15) is 11.6 Å². The number of fused-ring (bicyclic) bond motifs is 1. The van der Waals surface area contributed by atoms with Gasteiger partial charge in [0.15, 0.2) is 0 Å². The maximum atomic E-state index is 5.29. The highest BCUT2D eigenvalue weighted by Gasteiger charge is 2.06. The normalized spacial score (nSPS) is 11.0. The Kier molecular flexibility index (Phi) is 3.90. The molecule has 0 fully saturated rings. The highest BCUT2D eigenvalue weighted by Crippen LogP contribution is 2.27. The molecule has 0 saturated carbocycles. The van der Waals surface area contributed by atoms with Gasteiger partial charge in [-0.15, -0.1) is 0 Å². The zero-order valence-corrected chi connectivity index (χ0v) is 14.2. The second-order valence-corrected chi connectivity index (χ2v) is 5.97. The van der Waals surface area contributed by atoms with Crippen LogP contribution in [0.5, 0.6) is 5.75 Å². The molecule has 0 amide bonds. The van der Waals surface area contributed by atoms with Crippen molar-refractivity contribution in [2.45, 2.75) is 13.5 Å². The van der Waals surface area contributed by atoms with E-state index in [-0.39, 0.29) is 0 Å². The molecule has 25 heavy (non-hydrogen) atoms. The molecule has 0 aliphatic carbocycles. The fourth-order valence-electron chi connectivity index (χ4n) is 2.92. The van der Waals surface area contributed by atoms with E-state index in [0.717, 1.165) is 33.8 Å². The molecule has 0 aliphatic rings. The van der Waals surface area contributed by atoms with Crippen molar-refractivity contribution in [3.05, 3.63) is 72.6 Å². The minimum absolute atomic E-state index is 0.664. The lowest BCUT2D eigenvalue weighted by Crippen LogP contribution is -2.04. The third-order valence-electron chi connectivity index (χ3n) is 4.34. The van der Waals surface area contributed by atoms with Gasteiger partial charge in [0.05, 0.1) is 25.5 Å². The lowest BCUT2D eigenvalue weighted by molar-refractivity contribution is 0.415. The van der Waals surface area contributed by atoms with Gasteiger partial charge in [-0.05, 0) is 47.5 Å². The number of nitrogens with zero attached hydrogens (tertiary/aromatic N) is 4. The van der Waals surface area contributed by atoms with Gasteiger partial charge >= 0.3 is 0 Å². The minimum Gasteiger partial charge on any atom is -0.497 e. The molecular formula is C20H18N4O. The average molecular weight is 330 g/mol. The fraction of sp³-hybridized carbons (Fsp3) is 0.150. The molecule has 0 unspecified atom stereocenters. The summed E-state index contributed by atoms with van der Waals surface area (Å²) in [7, 11) is 1.68. The van der Waals surface area contributed by atoms with Crippen molar-refractivity contribution in [3.8, 4) is 16.9 Å². The van der Waals surface area contributed by atoms with E-state index in [2.05, 4.69) is 50.1 Å². The summed E-state index contributed by atoms with van der Waals surface area (Å²) in [6.45, 7) is 2.65. The lowest BCUT2D eigenvalue weighted by atomic mass is 10.0. The summed E-state index contributed by atoms with van der Waals surface area (Å²) in [5.74, 6) is 1.83. The summed E-state index contributed by atoms with van der Waals surface area (Å²) < 4.78 is 7.34. The molecule has 0 spiro atoms. The Hall–Kier alpha value is -3.21. The van der Waals surface area contributed by atoms with Gasteiger partial charge in [-0.3, -0.25) is 0 Å². The van der Waals surface area contributed by atoms with Crippen LogP contribution in [-0.4, -0.2) is 26.9 Å². The number of rotatable bonds is 4. The highest BCUT2D eigenvalue weighted by atomic mass is 16.5. The maximum absolute atomic E-state index is 5.29. The first-order chi connectivity index (χ1) is 12.2. The Morgan fingerprint density at radius 2 is 1.84 bits per heavy atom. The molecule has 5 heteroatoms. The number of methoxy groups -OCH3 is 1. The molecule has 4 rings (SSSR count). The topological polar surface area (TPSA) is 52.8 Å². The van der Waals surface area contributed by atoms with E-state index >= 15 is 0 Å². The van der Waals surface area contributed by atoms with Crippen LogP contribution in [0, 0.1) is 6.92 Å². The summed E-state index contributed by atoms with van der Waals surface area (Å²) in [6.07, 6.45) is 5.55. The fourth-order valence-corrected chi connectivity index (χ4v) is 2.92. The van der Waals surface area contributed by atoms with Gasteiger partial charge in [0.2, 0.25) is 0 Å². The summed E-state index contributed by atoms with van der Waals surface area (Å²) in [5, 5.41) is 10.7. The molecule has 5 nitrogen and oxygen atoms in total. The molecule has 0 radical (unpaired) electrons. The average Bonchev–Trinajstić information content (AvgIpc) is 3.05. The predicted octanol–water partition coefficient (Wildman–Crippen LogP) is 3.86. The maximum Gasteiger partial charge on any atom is 0.119 e. The Morgan fingerprint density at radius 3 is 2.64 bits per heavy atom. The number of benzene rings is 2. The first kappa shape index (κ1) is 15.3. The van der Waals surface area contributed by atoms with Crippen molar-refractivity contribution in [2.24, 2.45) is 0 Å². The van der Waals surface area contributed by atoms with E-state index < -0.39 is 0 Å². The zero-order valence-electron chi connectivity index (χ0n) is 14.2. The number of hydrogen-bond donors (Lipinski definition) is 0. The van der Waals surface area contributed by atoms with Crippen molar-refractivity contribution in [3.63, 3.8) is 0 Å². The number of aryl methyl sites for hydroxylation is 1. The van der Waals surface area contributed by atoms with Crippen LogP contribution in [0.3, 0.4) is 0 Å². The summed E-state index contributed by atoms with van der Waals surface area (Å²) in [6, 6.07) is 14.5. The van der Waals surface area contributed by atoms with Crippen LogP contribution in [0.2, 0.25) is 0 Å². The van der Waals surface area contributed by atoms with Crippen LogP contribution in [0.15, 0.2) is 61.1 Å². The van der Waals surface area contributed by atoms with Crippen LogP contribution >= 0.6 is 0 Å².